The molecule has 1 aromatic carbocycles. The summed E-state index contributed by atoms with van der Waals surface area (Å²) < 4.78 is 5.62. The van der Waals surface area contributed by atoms with Crippen molar-refractivity contribution in [3.63, 3.8) is 0 Å². The Balaban J connectivity index is 0.000000568. The Morgan fingerprint density at radius 3 is 2.29 bits per heavy atom. The molecule has 0 spiro atoms. The molecule has 10 nitrogen and oxygen atoms in total. The molecule has 28 heavy (non-hydrogen) atoms. The third-order valence-electron chi connectivity index (χ3n) is 4.22. The summed E-state index contributed by atoms with van der Waals surface area (Å²) in [4.78, 5) is 33.6. The lowest BCUT2D eigenvalue weighted by Gasteiger charge is -2.32. The number of nitrogens with zero attached hydrogens (tertiary/aromatic N) is 3. The first-order valence-electron chi connectivity index (χ1n) is 8.95. The second kappa shape index (κ2) is 11.9. The van der Waals surface area contributed by atoms with Crippen molar-refractivity contribution in [2.45, 2.75) is 19.8 Å². The quantitative estimate of drug-likeness (QED) is 0.303. The number of carbonyl (C=O) groups is 2. The second-order valence-corrected chi connectivity index (χ2v) is 6.54. The van der Waals surface area contributed by atoms with Crippen LogP contribution >= 0.6 is 0 Å². The molecule has 1 heterocycles. The maximum Gasteiger partial charge on any atom is 0.414 e. The molecule has 10 heteroatoms. The fourth-order valence-electron chi connectivity index (χ4n) is 2.58. The number of nitro groups is 1. The van der Waals surface area contributed by atoms with Gasteiger partial charge in [-0.3, -0.25) is 10.1 Å². The maximum atomic E-state index is 11.0. The largest absolute Gasteiger partial charge is 0.487 e. The van der Waals surface area contributed by atoms with Crippen molar-refractivity contribution in [1.82, 2.24) is 9.80 Å². The van der Waals surface area contributed by atoms with Crippen molar-refractivity contribution in [3.05, 3.63) is 33.9 Å². The number of benzene rings is 1. The molecule has 0 amide bonds. The van der Waals surface area contributed by atoms with Crippen LogP contribution in [0.1, 0.15) is 18.4 Å². The molecule has 0 atom stereocenters. The van der Waals surface area contributed by atoms with Crippen LogP contribution in [0.15, 0.2) is 18.2 Å². The third-order valence-corrected chi connectivity index (χ3v) is 4.22. The van der Waals surface area contributed by atoms with Crippen LogP contribution in [-0.4, -0.2) is 83.3 Å². The predicted octanol–water partition coefficient (Wildman–Crippen LogP) is 1.47. The fraction of sp³-hybridized carbons (Fsp3) is 0.556. The van der Waals surface area contributed by atoms with Crippen molar-refractivity contribution in [2.24, 2.45) is 0 Å². The van der Waals surface area contributed by atoms with Crippen molar-refractivity contribution >= 4 is 17.6 Å². The number of carboxylic acids is 2. The molecule has 1 aliphatic heterocycles. The maximum absolute atomic E-state index is 11.0. The summed E-state index contributed by atoms with van der Waals surface area (Å²) in [6, 6.07) is 4.98. The summed E-state index contributed by atoms with van der Waals surface area (Å²) in [5, 5.41) is 25.8. The summed E-state index contributed by atoms with van der Waals surface area (Å²) >= 11 is 0. The Hall–Kier alpha value is -2.72. The molecule has 1 aromatic rings. The van der Waals surface area contributed by atoms with E-state index in [2.05, 4.69) is 16.8 Å². The monoisotopic (exact) mass is 397 g/mol. The number of unbranched alkanes of at least 4 members (excludes halogenated alkanes) is 1. The SMILES string of the molecule is Cc1ccc([N+](=O)[O-])c(OCCCCN2CCN(C)CC2)c1.O=C(O)C(=O)O. The zero-order valence-electron chi connectivity index (χ0n) is 16.2. The Labute approximate surface area is 163 Å². The van der Waals surface area contributed by atoms with Crippen molar-refractivity contribution in [2.75, 3.05) is 46.4 Å². The fourth-order valence-corrected chi connectivity index (χ4v) is 2.58. The molecule has 2 N–H and O–H groups in total. The first kappa shape index (κ1) is 23.3. The lowest BCUT2D eigenvalue weighted by molar-refractivity contribution is -0.385. The van der Waals surface area contributed by atoms with Crippen LogP contribution < -0.4 is 4.74 Å². The van der Waals surface area contributed by atoms with Crippen LogP contribution in [0.5, 0.6) is 5.75 Å². The highest BCUT2D eigenvalue weighted by atomic mass is 16.6. The van der Waals surface area contributed by atoms with Gasteiger partial charge in [-0.2, -0.15) is 0 Å². The molecule has 1 aliphatic rings. The van der Waals surface area contributed by atoms with Gasteiger partial charge >= 0.3 is 17.6 Å². The van der Waals surface area contributed by atoms with Gasteiger partial charge in [0, 0.05) is 32.2 Å². The number of aliphatic carboxylic acids is 2. The number of ether oxygens (including phenoxy) is 1. The van der Waals surface area contributed by atoms with Crippen molar-refractivity contribution in [3.8, 4) is 5.75 Å². The minimum Gasteiger partial charge on any atom is -0.487 e. The van der Waals surface area contributed by atoms with E-state index in [9.17, 15) is 10.1 Å². The average molecular weight is 397 g/mol. The number of aryl methyl sites for hydroxylation is 1. The number of hydrogen-bond donors (Lipinski definition) is 2. The molecular weight excluding hydrogens is 370 g/mol. The van der Waals surface area contributed by atoms with Gasteiger partial charge in [0.15, 0.2) is 5.75 Å². The zero-order valence-corrected chi connectivity index (χ0v) is 16.2. The minimum absolute atomic E-state index is 0.0460. The van der Waals surface area contributed by atoms with E-state index < -0.39 is 11.9 Å². The highest BCUT2D eigenvalue weighted by molar-refractivity contribution is 6.27. The summed E-state index contributed by atoms with van der Waals surface area (Å²) in [5.41, 5.74) is 1.02. The van der Waals surface area contributed by atoms with Gasteiger partial charge in [-0.05, 0) is 45.0 Å². The summed E-state index contributed by atoms with van der Waals surface area (Å²) in [5.74, 6) is -3.27. The molecule has 1 saturated heterocycles. The van der Waals surface area contributed by atoms with Gasteiger partial charge in [0.2, 0.25) is 0 Å². The van der Waals surface area contributed by atoms with Crippen LogP contribution in [-0.2, 0) is 9.59 Å². The van der Waals surface area contributed by atoms with E-state index in [4.69, 9.17) is 24.5 Å². The van der Waals surface area contributed by atoms with Gasteiger partial charge in [0.05, 0.1) is 11.5 Å². The van der Waals surface area contributed by atoms with Crippen molar-refractivity contribution < 1.29 is 29.5 Å². The minimum atomic E-state index is -1.82. The van der Waals surface area contributed by atoms with E-state index in [1.807, 2.05) is 6.92 Å². The highest BCUT2D eigenvalue weighted by Crippen LogP contribution is 2.27. The standard InChI is InChI=1S/C16H25N3O3.C2H2O4/c1-14-5-6-15(19(20)21)16(13-14)22-12-4-3-7-18-10-8-17(2)9-11-18;3-1(4)2(5)6/h5-6,13H,3-4,7-12H2,1-2H3;(H,3,4)(H,5,6). The van der Waals surface area contributed by atoms with Gasteiger partial charge in [0.25, 0.3) is 0 Å². The molecule has 0 bridgehead atoms. The molecule has 156 valence electrons. The zero-order chi connectivity index (χ0) is 21.1. The van der Waals surface area contributed by atoms with Crippen LogP contribution in [0.4, 0.5) is 5.69 Å². The molecule has 0 unspecified atom stereocenters. The van der Waals surface area contributed by atoms with E-state index in [0.717, 1.165) is 51.1 Å². The van der Waals surface area contributed by atoms with E-state index in [1.165, 1.54) is 6.07 Å². The van der Waals surface area contributed by atoms with E-state index >= 15 is 0 Å². The van der Waals surface area contributed by atoms with Gasteiger partial charge in [0.1, 0.15) is 0 Å². The van der Waals surface area contributed by atoms with Gasteiger partial charge < -0.3 is 24.7 Å². The molecule has 0 saturated carbocycles. The van der Waals surface area contributed by atoms with Crippen LogP contribution in [0, 0.1) is 17.0 Å². The first-order chi connectivity index (χ1) is 13.2. The molecular formula is C18H27N3O7. The van der Waals surface area contributed by atoms with E-state index in [1.54, 1.807) is 12.1 Å². The Morgan fingerprint density at radius 1 is 1.14 bits per heavy atom. The Morgan fingerprint density at radius 2 is 1.75 bits per heavy atom. The van der Waals surface area contributed by atoms with E-state index in [-0.39, 0.29) is 10.6 Å². The molecule has 0 aliphatic carbocycles. The molecule has 1 fully saturated rings. The molecule has 2 rings (SSSR count). The summed E-state index contributed by atoms with van der Waals surface area (Å²) in [6.07, 6.45) is 1.97. The Bertz CT molecular complexity index is 661. The average Bonchev–Trinajstić information content (AvgIpc) is 2.63. The van der Waals surface area contributed by atoms with E-state index in [0.29, 0.717) is 12.4 Å². The number of hydrogen-bond acceptors (Lipinski definition) is 7. The Kier molecular flexibility index (Phi) is 9.89. The van der Waals surface area contributed by atoms with Crippen LogP contribution in [0.3, 0.4) is 0 Å². The first-order valence-corrected chi connectivity index (χ1v) is 8.95. The number of rotatable bonds is 7. The number of nitro benzene ring substituents is 1. The predicted molar refractivity (Wildman–Crippen MR) is 102 cm³/mol. The topological polar surface area (TPSA) is 133 Å². The van der Waals surface area contributed by atoms with Crippen LogP contribution in [0.25, 0.3) is 0 Å². The number of piperazine rings is 1. The highest BCUT2D eigenvalue weighted by Gasteiger charge is 2.15. The van der Waals surface area contributed by atoms with Gasteiger partial charge in [-0.25, -0.2) is 9.59 Å². The lowest BCUT2D eigenvalue weighted by atomic mass is 10.2. The van der Waals surface area contributed by atoms with Gasteiger partial charge in [-0.1, -0.05) is 6.07 Å². The summed E-state index contributed by atoms with van der Waals surface area (Å²) in [7, 11) is 2.15. The third kappa shape index (κ3) is 8.78. The summed E-state index contributed by atoms with van der Waals surface area (Å²) in [6.45, 7) is 8.02. The number of carboxylic acid groups (broad SMARTS) is 2. The van der Waals surface area contributed by atoms with Crippen molar-refractivity contribution in [1.29, 1.82) is 0 Å². The normalized spacial score (nSPS) is 14.6. The van der Waals surface area contributed by atoms with Gasteiger partial charge in [-0.15, -0.1) is 0 Å². The van der Waals surface area contributed by atoms with Crippen LogP contribution in [0.2, 0.25) is 0 Å². The lowest BCUT2D eigenvalue weighted by Crippen LogP contribution is -2.44. The number of likely N-dealkylation sites (N-methyl/N-ethyl adjacent to an activating group) is 1. The molecule has 0 radical (unpaired) electrons. The second-order valence-electron chi connectivity index (χ2n) is 6.54. The smallest absolute Gasteiger partial charge is 0.414 e. The molecule has 0 aromatic heterocycles.